The normalized spacial score (nSPS) is 14.6. The van der Waals surface area contributed by atoms with Gasteiger partial charge in [-0.2, -0.15) is 0 Å². The molecule has 0 radical (unpaired) electrons. The van der Waals surface area contributed by atoms with E-state index in [-0.39, 0.29) is 11.8 Å². The van der Waals surface area contributed by atoms with Gasteiger partial charge in [0.1, 0.15) is 0 Å². The van der Waals surface area contributed by atoms with Gasteiger partial charge in [-0.05, 0) is 36.8 Å². The second-order valence-corrected chi connectivity index (χ2v) is 6.60. The lowest BCUT2D eigenvalue weighted by molar-refractivity contribution is -0.121. The average molecular weight is 330 g/mol. The third-order valence-corrected chi connectivity index (χ3v) is 4.90. The number of rotatable bonds is 7. The van der Waals surface area contributed by atoms with E-state index in [1.54, 1.807) is 11.8 Å². The Kier molecular flexibility index (Phi) is 6.83. The summed E-state index contributed by atoms with van der Waals surface area (Å²) in [6, 6.07) is 6.52. The minimum atomic E-state index is -0.000679. The average Bonchev–Trinajstić information content (AvgIpc) is 3.07. The molecule has 2 rings (SSSR count). The molecule has 132 valence electrons. The second kappa shape index (κ2) is 8.86. The van der Waals surface area contributed by atoms with Crippen LogP contribution in [-0.4, -0.2) is 24.4 Å². The van der Waals surface area contributed by atoms with Gasteiger partial charge < -0.3 is 10.2 Å². The molecule has 0 atom stereocenters. The van der Waals surface area contributed by atoms with Crippen LogP contribution in [0.15, 0.2) is 18.2 Å². The molecule has 1 aromatic rings. The van der Waals surface area contributed by atoms with Gasteiger partial charge in [-0.3, -0.25) is 9.59 Å². The lowest BCUT2D eigenvalue weighted by Gasteiger charge is -2.26. The number of anilines is 1. The van der Waals surface area contributed by atoms with Crippen molar-refractivity contribution >= 4 is 17.5 Å². The third-order valence-electron chi connectivity index (χ3n) is 4.90. The molecular weight excluding hydrogens is 300 g/mol. The van der Waals surface area contributed by atoms with Gasteiger partial charge in [0.15, 0.2) is 0 Å². The van der Waals surface area contributed by atoms with Crippen LogP contribution in [0.2, 0.25) is 0 Å². The maximum Gasteiger partial charge on any atom is 0.223 e. The van der Waals surface area contributed by atoms with Gasteiger partial charge in [0.2, 0.25) is 11.8 Å². The van der Waals surface area contributed by atoms with Gasteiger partial charge in [0.25, 0.3) is 0 Å². The number of aryl methyl sites for hydroxylation is 2. The Bertz CT molecular complexity index is 555. The highest BCUT2D eigenvalue weighted by Gasteiger charge is 2.21. The van der Waals surface area contributed by atoms with Gasteiger partial charge in [-0.15, -0.1) is 0 Å². The molecule has 0 aliphatic heterocycles. The van der Waals surface area contributed by atoms with E-state index in [0.717, 1.165) is 31.4 Å². The van der Waals surface area contributed by atoms with Crippen LogP contribution in [0, 0.1) is 0 Å². The molecular formula is C20H30N2O2. The molecule has 0 bridgehead atoms. The number of hydrogen-bond acceptors (Lipinski definition) is 2. The number of nitrogens with zero attached hydrogens (tertiary/aromatic N) is 1. The van der Waals surface area contributed by atoms with Gasteiger partial charge in [0.05, 0.1) is 0 Å². The van der Waals surface area contributed by atoms with Crippen LogP contribution in [0.1, 0.15) is 64.0 Å². The van der Waals surface area contributed by atoms with E-state index in [2.05, 4.69) is 31.3 Å². The molecule has 4 heteroatoms. The molecule has 4 nitrogen and oxygen atoms in total. The Labute approximate surface area is 145 Å². The highest BCUT2D eigenvalue weighted by atomic mass is 16.2. The topological polar surface area (TPSA) is 49.4 Å². The number of amides is 2. The molecule has 0 aromatic heterocycles. The Morgan fingerprint density at radius 3 is 2.21 bits per heavy atom. The van der Waals surface area contributed by atoms with Crippen molar-refractivity contribution in [2.24, 2.45) is 0 Å². The van der Waals surface area contributed by atoms with Crippen molar-refractivity contribution in [2.75, 3.05) is 11.4 Å². The van der Waals surface area contributed by atoms with Gasteiger partial charge >= 0.3 is 0 Å². The summed E-state index contributed by atoms with van der Waals surface area (Å²) >= 11 is 0. The maximum absolute atomic E-state index is 12.2. The zero-order valence-corrected chi connectivity index (χ0v) is 15.2. The third kappa shape index (κ3) is 4.59. The second-order valence-electron chi connectivity index (χ2n) is 6.60. The summed E-state index contributed by atoms with van der Waals surface area (Å²) in [5.41, 5.74) is 3.34. The zero-order chi connectivity index (χ0) is 17.5. The summed E-state index contributed by atoms with van der Waals surface area (Å²) in [7, 11) is 0. The molecule has 1 aromatic carbocycles. The summed E-state index contributed by atoms with van der Waals surface area (Å²) < 4.78 is 0. The highest BCUT2D eigenvalue weighted by Crippen LogP contribution is 2.27. The minimum Gasteiger partial charge on any atom is -0.353 e. The van der Waals surface area contributed by atoms with Crippen LogP contribution in [0.5, 0.6) is 0 Å². The monoisotopic (exact) mass is 330 g/mol. The number of benzene rings is 1. The van der Waals surface area contributed by atoms with Crippen molar-refractivity contribution in [1.29, 1.82) is 0 Å². The maximum atomic E-state index is 12.2. The van der Waals surface area contributed by atoms with Crippen molar-refractivity contribution in [2.45, 2.75) is 71.8 Å². The number of para-hydroxylation sites is 1. The zero-order valence-electron chi connectivity index (χ0n) is 15.2. The lowest BCUT2D eigenvalue weighted by atomic mass is 10.0. The van der Waals surface area contributed by atoms with Crippen molar-refractivity contribution in [3.63, 3.8) is 0 Å². The quantitative estimate of drug-likeness (QED) is 0.830. The van der Waals surface area contributed by atoms with Crippen LogP contribution >= 0.6 is 0 Å². The molecule has 1 aliphatic carbocycles. The van der Waals surface area contributed by atoms with Gasteiger partial charge in [0, 0.05) is 31.6 Å². The molecule has 0 unspecified atom stereocenters. The van der Waals surface area contributed by atoms with E-state index >= 15 is 0 Å². The summed E-state index contributed by atoms with van der Waals surface area (Å²) in [6.07, 6.45) is 6.68. The SMILES string of the molecule is CCc1cccc(CC)c1N(CCC(=O)NC1CCCC1)C(C)=O. The van der Waals surface area contributed by atoms with Gasteiger partial charge in [-0.25, -0.2) is 0 Å². The van der Waals surface area contributed by atoms with Crippen molar-refractivity contribution < 1.29 is 9.59 Å². The van der Waals surface area contributed by atoms with Gasteiger partial charge in [-0.1, -0.05) is 44.9 Å². The smallest absolute Gasteiger partial charge is 0.223 e. The first kappa shape index (κ1) is 18.5. The van der Waals surface area contributed by atoms with E-state index < -0.39 is 0 Å². The number of carbonyl (C=O) groups excluding carboxylic acids is 2. The fraction of sp³-hybridized carbons (Fsp3) is 0.600. The Hall–Kier alpha value is -1.84. The Morgan fingerprint density at radius 2 is 1.71 bits per heavy atom. The molecule has 24 heavy (non-hydrogen) atoms. The molecule has 0 heterocycles. The first-order chi connectivity index (χ1) is 11.6. The highest BCUT2D eigenvalue weighted by molar-refractivity contribution is 5.94. The van der Waals surface area contributed by atoms with Crippen LogP contribution in [0.4, 0.5) is 5.69 Å². The van der Waals surface area contributed by atoms with E-state index in [9.17, 15) is 9.59 Å². The van der Waals surface area contributed by atoms with E-state index in [0.29, 0.717) is 19.0 Å². The van der Waals surface area contributed by atoms with Crippen molar-refractivity contribution in [1.82, 2.24) is 5.32 Å². The molecule has 1 fully saturated rings. The van der Waals surface area contributed by atoms with E-state index in [1.807, 2.05) is 6.07 Å². The van der Waals surface area contributed by atoms with E-state index in [1.165, 1.54) is 24.0 Å². The van der Waals surface area contributed by atoms with Crippen molar-refractivity contribution in [3.05, 3.63) is 29.3 Å². The molecule has 1 aliphatic rings. The van der Waals surface area contributed by atoms with Crippen LogP contribution in [0.25, 0.3) is 0 Å². The van der Waals surface area contributed by atoms with E-state index in [4.69, 9.17) is 0 Å². The first-order valence-electron chi connectivity index (χ1n) is 9.25. The number of hydrogen-bond donors (Lipinski definition) is 1. The fourth-order valence-corrected chi connectivity index (χ4v) is 3.57. The number of carbonyl (C=O) groups is 2. The molecule has 0 spiro atoms. The standard InChI is InChI=1S/C20H30N2O2/c1-4-16-9-8-10-17(5-2)20(16)22(15(3)23)14-13-19(24)21-18-11-6-7-12-18/h8-10,18H,4-7,11-14H2,1-3H3,(H,21,24). The predicted molar refractivity (Wildman–Crippen MR) is 98.2 cm³/mol. The lowest BCUT2D eigenvalue weighted by Crippen LogP contribution is -2.37. The first-order valence-corrected chi connectivity index (χ1v) is 9.25. The molecule has 2 amide bonds. The number of nitrogens with one attached hydrogen (secondary N) is 1. The Morgan fingerprint density at radius 1 is 1.12 bits per heavy atom. The van der Waals surface area contributed by atoms with Crippen molar-refractivity contribution in [3.8, 4) is 0 Å². The minimum absolute atomic E-state index is 0.000679. The van der Waals surface area contributed by atoms with Crippen LogP contribution in [-0.2, 0) is 22.4 Å². The molecule has 1 saturated carbocycles. The van der Waals surface area contributed by atoms with Crippen LogP contribution in [0.3, 0.4) is 0 Å². The Balaban J connectivity index is 2.09. The van der Waals surface area contributed by atoms with Crippen LogP contribution < -0.4 is 10.2 Å². The molecule has 0 saturated heterocycles. The molecule has 1 N–H and O–H groups in total. The summed E-state index contributed by atoms with van der Waals surface area (Å²) in [4.78, 5) is 26.2. The summed E-state index contributed by atoms with van der Waals surface area (Å²) in [5.74, 6) is 0.0550. The summed E-state index contributed by atoms with van der Waals surface area (Å²) in [6.45, 7) is 6.23. The summed E-state index contributed by atoms with van der Waals surface area (Å²) in [5, 5.41) is 3.10. The predicted octanol–water partition coefficient (Wildman–Crippen LogP) is 3.61. The largest absolute Gasteiger partial charge is 0.353 e. The fourth-order valence-electron chi connectivity index (χ4n) is 3.57.